The predicted octanol–water partition coefficient (Wildman–Crippen LogP) is 4.94. The summed E-state index contributed by atoms with van der Waals surface area (Å²) in [5, 5.41) is 9.85. The number of H-pyrrole nitrogens is 1. The van der Waals surface area contributed by atoms with Crippen LogP contribution in [0.5, 0.6) is 0 Å². The number of aromatic carboxylic acids is 1. The van der Waals surface area contributed by atoms with Crippen LogP contribution in [0.4, 0.5) is 4.39 Å². The van der Waals surface area contributed by atoms with E-state index in [-0.39, 0.29) is 10.7 Å². The van der Waals surface area contributed by atoms with Gasteiger partial charge in [-0.3, -0.25) is 0 Å². The number of aryl methyl sites for hydroxylation is 1. The van der Waals surface area contributed by atoms with Gasteiger partial charge in [-0.2, -0.15) is 0 Å². The molecule has 5 heteroatoms. The summed E-state index contributed by atoms with van der Waals surface area (Å²) >= 11 is 5.97. The first-order chi connectivity index (χ1) is 11.5. The lowest BCUT2D eigenvalue weighted by Gasteiger charge is -2.17. The van der Waals surface area contributed by atoms with E-state index in [1.807, 2.05) is 24.3 Å². The standard InChI is InChI=1S/C19H13ClFNO2/c20-12-7-11(8-13(21)9-12)16-15-6-5-10-3-1-2-4-14(10)17(15)22-18(16)19(23)24/h1-4,7-9,22H,5-6H2,(H,23,24). The van der Waals surface area contributed by atoms with Crippen molar-refractivity contribution in [2.75, 3.05) is 0 Å². The molecule has 2 aromatic carbocycles. The van der Waals surface area contributed by atoms with Gasteiger partial charge in [0, 0.05) is 16.1 Å². The smallest absolute Gasteiger partial charge is 0.352 e. The van der Waals surface area contributed by atoms with Crippen molar-refractivity contribution < 1.29 is 14.3 Å². The second-order valence-electron chi connectivity index (χ2n) is 5.85. The van der Waals surface area contributed by atoms with Crippen LogP contribution < -0.4 is 0 Å². The highest BCUT2D eigenvalue weighted by Crippen LogP contribution is 2.41. The van der Waals surface area contributed by atoms with Crippen LogP contribution in [0.2, 0.25) is 5.02 Å². The molecule has 0 amide bonds. The Balaban J connectivity index is 2.02. The van der Waals surface area contributed by atoms with Gasteiger partial charge in [0.15, 0.2) is 0 Å². The summed E-state index contributed by atoms with van der Waals surface area (Å²) in [5.74, 6) is -1.56. The van der Waals surface area contributed by atoms with E-state index in [9.17, 15) is 14.3 Å². The van der Waals surface area contributed by atoms with Gasteiger partial charge >= 0.3 is 5.97 Å². The van der Waals surface area contributed by atoms with Crippen LogP contribution in [0.1, 0.15) is 21.6 Å². The summed E-state index contributed by atoms with van der Waals surface area (Å²) in [5.41, 5.74) is 4.93. The molecule has 0 radical (unpaired) electrons. The number of nitrogens with one attached hydrogen (secondary N) is 1. The number of carboxylic acid groups (broad SMARTS) is 1. The Hall–Kier alpha value is -2.59. The predicted molar refractivity (Wildman–Crippen MR) is 91.0 cm³/mol. The highest BCUT2D eigenvalue weighted by molar-refractivity contribution is 6.30. The van der Waals surface area contributed by atoms with Crippen LogP contribution in [-0.4, -0.2) is 16.1 Å². The molecule has 1 aliphatic rings. The number of carbonyl (C=O) groups is 1. The van der Waals surface area contributed by atoms with Gasteiger partial charge in [-0.05, 0) is 47.7 Å². The molecular weight excluding hydrogens is 329 g/mol. The fraction of sp³-hybridized carbons (Fsp3) is 0.105. The van der Waals surface area contributed by atoms with Gasteiger partial charge < -0.3 is 10.1 Å². The summed E-state index contributed by atoms with van der Waals surface area (Å²) in [4.78, 5) is 14.8. The minimum absolute atomic E-state index is 0.0679. The highest BCUT2D eigenvalue weighted by atomic mass is 35.5. The van der Waals surface area contributed by atoms with Crippen LogP contribution in [0.3, 0.4) is 0 Å². The highest BCUT2D eigenvalue weighted by Gasteiger charge is 2.27. The molecule has 1 aromatic heterocycles. The Morgan fingerprint density at radius 1 is 1.17 bits per heavy atom. The van der Waals surface area contributed by atoms with Gasteiger partial charge in [0.1, 0.15) is 11.5 Å². The van der Waals surface area contributed by atoms with E-state index in [4.69, 9.17) is 11.6 Å². The van der Waals surface area contributed by atoms with Gasteiger partial charge in [-0.25, -0.2) is 9.18 Å². The van der Waals surface area contributed by atoms with Gasteiger partial charge in [0.2, 0.25) is 0 Å². The lowest BCUT2D eigenvalue weighted by molar-refractivity contribution is 0.0692. The normalized spacial score (nSPS) is 12.6. The molecule has 0 unspecified atom stereocenters. The molecule has 3 aromatic rings. The molecule has 4 rings (SSSR count). The maximum Gasteiger partial charge on any atom is 0.352 e. The fourth-order valence-corrected chi connectivity index (χ4v) is 3.66. The molecule has 0 saturated carbocycles. The van der Waals surface area contributed by atoms with Crippen molar-refractivity contribution in [3.63, 3.8) is 0 Å². The first-order valence-electron chi connectivity index (χ1n) is 7.57. The average molecular weight is 342 g/mol. The summed E-state index contributed by atoms with van der Waals surface area (Å²) < 4.78 is 13.8. The maximum atomic E-state index is 13.8. The van der Waals surface area contributed by atoms with Gasteiger partial charge in [0.05, 0.1) is 5.69 Å². The van der Waals surface area contributed by atoms with Crippen LogP contribution >= 0.6 is 11.6 Å². The van der Waals surface area contributed by atoms with E-state index in [0.29, 0.717) is 17.5 Å². The third-order valence-electron chi connectivity index (χ3n) is 4.40. The molecule has 120 valence electrons. The largest absolute Gasteiger partial charge is 0.477 e. The molecule has 24 heavy (non-hydrogen) atoms. The minimum Gasteiger partial charge on any atom is -0.477 e. The summed E-state index contributed by atoms with van der Waals surface area (Å²) in [7, 11) is 0. The zero-order valence-corrected chi connectivity index (χ0v) is 13.3. The summed E-state index contributed by atoms with van der Waals surface area (Å²) in [6.45, 7) is 0. The zero-order valence-electron chi connectivity index (χ0n) is 12.6. The molecule has 1 heterocycles. The van der Waals surface area contributed by atoms with Gasteiger partial charge in [-0.15, -0.1) is 0 Å². The SMILES string of the molecule is O=C(O)c1[nH]c2c(c1-c1cc(F)cc(Cl)c1)CCc1ccccc1-2. The lowest BCUT2D eigenvalue weighted by atomic mass is 9.87. The molecule has 1 aliphatic carbocycles. The molecule has 3 nitrogen and oxygen atoms in total. The van der Waals surface area contributed by atoms with E-state index >= 15 is 0 Å². The number of halogens is 2. The Morgan fingerprint density at radius 2 is 1.96 bits per heavy atom. The number of aromatic amines is 1. The molecule has 0 saturated heterocycles. The van der Waals surface area contributed by atoms with E-state index in [1.54, 1.807) is 6.07 Å². The van der Waals surface area contributed by atoms with Crippen LogP contribution in [0, 0.1) is 5.82 Å². The Bertz CT molecular complexity index is 957. The lowest BCUT2D eigenvalue weighted by Crippen LogP contribution is -2.03. The number of hydrogen-bond donors (Lipinski definition) is 2. The van der Waals surface area contributed by atoms with Crippen molar-refractivity contribution in [1.82, 2.24) is 4.98 Å². The Morgan fingerprint density at radius 3 is 2.71 bits per heavy atom. The van der Waals surface area contributed by atoms with Crippen molar-refractivity contribution in [2.24, 2.45) is 0 Å². The topological polar surface area (TPSA) is 53.1 Å². The van der Waals surface area contributed by atoms with E-state index < -0.39 is 11.8 Å². The quantitative estimate of drug-likeness (QED) is 0.693. The second kappa shape index (κ2) is 5.49. The minimum atomic E-state index is -1.07. The Labute approximate surface area is 142 Å². The number of hydrogen-bond acceptors (Lipinski definition) is 1. The van der Waals surface area contributed by atoms with Crippen molar-refractivity contribution >= 4 is 17.6 Å². The van der Waals surface area contributed by atoms with Crippen LogP contribution in [0.15, 0.2) is 42.5 Å². The molecule has 0 spiro atoms. The Kier molecular flexibility index (Phi) is 3.43. The molecular formula is C19H13ClFNO2. The molecule has 0 fully saturated rings. The number of fused-ring (bicyclic) bond motifs is 3. The van der Waals surface area contributed by atoms with Crippen molar-refractivity contribution in [1.29, 1.82) is 0 Å². The van der Waals surface area contributed by atoms with E-state index in [1.165, 1.54) is 17.7 Å². The second-order valence-corrected chi connectivity index (χ2v) is 6.29. The van der Waals surface area contributed by atoms with Gasteiger partial charge in [0.25, 0.3) is 0 Å². The molecule has 2 N–H and O–H groups in total. The molecule has 0 bridgehead atoms. The van der Waals surface area contributed by atoms with Gasteiger partial charge in [-0.1, -0.05) is 35.9 Å². The van der Waals surface area contributed by atoms with Crippen LogP contribution in [0.25, 0.3) is 22.4 Å². The van der Waals surface area contributed by atoms with Crippen LogP contribution in [-0.2, 0) is 12.8 Å². The maximum absolute atomic E-state index is 13.8. The van der Waals surface area contributed by atoms with Crippen molar-refractivity contribution in [3.8, 4) is 22.4 Å². The third-order valence-corrected chi connectivity index (χ3v) is 4.62. The zero-order chi connectivity index (χ0) is 16.8. The third kappa shape index (κ3) is 2.31. The van der Waals surface area contributed by atoms with Crippen molar-refractivity contribution in [3.05, 3.63) is 70.1 Å². The van der Waals surface area contributed by atoms with E-state index in [2.05, 4.69) is 4.98 Å². The summed E-state index contributed by atoms with van der Waals surface area (Å²) in [6.07, 6.45) is 1.51. The first kappa shape index (κ1) is 15.0. The molecule has 0 aliphatic heterocycles. The number of rotatable bonds is 2. The van der Waals surface area contributed by atoms with Crippen molar-refractivity contribution in [2.45, 2.75) is 12.8 Å². The average Bonchev–Trinajstić information content (AvgIpc) is 2.94. The first-order valence-corrected chi connectivity index (χ1v) is 7.95. The summed E-state index contributed by atoms with van der Waals surface area (Å²) in [6, 6.07) is 12.0. The monoisotopic (exact) mass is 341 g/mol. The van der Waals surface area contributed by atoms with E-state index in [0.717, 1.165) is 23.2 Å². The fourth-order valence-electron chi connectivity index (χ4n) is 3.44. The molecule has 0 atom stereocenters. The number of carboxylic acids is 1. The number of benzene rings is 2. The number of aromatic nitrogens is 1.